The summed E-state index contributed by atoms with van der Waals surface area (Å²) in [4.78, 5) is 24.0. The molecule has 0 aliphatic rings. The van der Waals surface area contributed by atoms with E-state index in [4.69, 9.17) is 4.74 Å². The van der Waals surface area contributed by atoms with Crippen molar-refractivity contribution in [2.75, 3.05) is 13.2 Å². The molecule has 31 heavy (non-hydrogen) atoms. The molecule has 1 aromatic heterocycles. The van der Waals surface area contributed by atoms with E-state index in [0.29, 0.717) is 18.7 Å². The van der Waals surface area contributed by atoms with Gasteiger partial charge in [-0.05, 0) is 42.3 Å². The van der Waals surface area contributed by atoms with E-state index < -0.39 is 25.1 Å². The van der Waals surface area contributed by atoms with Crippen LogP contribution < -0.4 is 10.1 Å². The molecular weight excluding hydrogens is 476 g/mol. The molecule has 0 atom stereocenters. The highest BCUT2D eigenvalue weighted by Gasteiger charge is 2.14. The van der Waals surface area contributed by atoms with Crippen LogP contribution in [0.3, 0.4) is 0 Å². The lowest BCUT2D eigenvalue weighted by Crippen LogP contribution is -2.30. The molecule has 1 amide bonds. The monoisotopic (exact) mass is 493 g/mol. The Bertz CT molecular complexity index is 1020. The summed E-state index contributed by atoms with van der Waals surface area (Å²) in [6.07, 6.45) is 0.478. The SMILES string of the molecule is O=C(COC(=O)c1cc(-c2ccc(Br)cc2)n[nH]1)NCCc1ccc(OC(F)F)cc1. The summed E-state index contributed by atoms with van der Waals surface area (Å²) < 4.78 is 34.5. The van der Waals surface area contributed by atoms with Crippen LogP contribution in [0, 0.1) is 0 Å². The van der Waals surface area contributed by atoms with Gasteiger partial charge >= 0.3 is 12.6 Å². The summed E-state index contributed by atoms with van der Waals surface area (Å²) in [6, 6.07) is 15.1. The van der Waals surface area contributed by atoms with E-state index in [1.165, 1.54) is 12.1 Å². The van der Waals surface area contributed by atoms with Crippen molar-refractivity contribution >= 4 is 27.8 Å². The number of H-pyrrole nitrogens is 1. The minimum atomic E-state index is -2.87. The average Bonchev–Trinajstić information content (AvgIpc) is 3.24. The van der Waals surface area contributed by atoms with E-state index >= 15 is 0 Å². The maximum atomic E-state index is 12.1. The fourth-order valence-electron chi connectivity index (χ4n) is 2.64. The van der Waals surface area contributed by atoms with Crippen LogP contribution in [0.5, 0.6) is 5.75 Å². The van der Waals surface area contributed by atoms with Crippen LogP contribution in [0.15, 0.2) is 59.1 Å². The molecule has 0 aliphatic heterocycles. The molecule has 0 saturated heterocycles. The summed E-state index contributed by atoms with van der Waals surface area (Å²) in [5.41, 5.74) is 2.37. The van der Waals surface area contributed by atoms with E-state index in [-0.39, 0.29) is 11.4 Å². The van der Waals surface area contributed by atoms with Gasteiger partial charge in [0.25, 0.3) is 5.91 Å². The second-order valence-corrected chi connectivity index (χ2v) is 7.29. The Morgan fingerprint density at radius 2 is 1.81 bits per heavy atom. The van der Waals surface area contributed by atoms with Gasteiger partial charge in [0.2, 0.25) is 0 Å². The molecule has 0 bridgehead atoms. The largest absolute Gasteiger partial charge is 0.451 e. The Kier molecular flexibility index (Phi) is 7.71. The van der Waals surface area contributed by atoms with E-state index in [0.717, 1.165) is 15.6 Å². The average molecular weight is 494 g/mol. The van der Waals surface area contributed by atoms with Gasteiger partial charge in [-0.2, -0.15) is 13.9 Å². The number of hydrogen-bond donors (Lipinski definition) is 2. The maximum Gasteiger partial charge on any atom is 0.387 e. The minimum Gasteiger partial charge on any atom is -0.451 e. The van der Waals surface area contributed by atoms with Gasteiger partial charge in [0.05, 0.1) is 5.69 Å². The third-order valence-electron chi connectivity index (χ3n) is 4.16. The number of halogens is 3. The Hall–Kier alpha value is -3.27. The van der Waals surface area contributed by atoms with Gasteiger partial charge in [-0.15, -0.1) is 0 Å². The quantitative estimate of drug-likeness (QED) is 0.440. The third kappa shape index (κ3) is 6.88. The summed E-state index contributed by atoms with van der Waals surface area (Å²) in [7, 11) is 0. The number of benzene rings is 2. The number of nitrogens with zero attached hydrogens (tertiary/aromatic N) is 1. The molecule has 2 N–H and O–H groups in total. The zero-order valence-electron chi connectivity index (χ0n) is 16.1. The first-order chi connectivity index (χ1) is 14.9. The zero-order valence-corrected chi connectivity index (χ0v) is 17.7. The summed E-state index contributed by atoms with van der Waals surface area (Å²) in [5, 5.41) is 9.30. The molecule has 3 aromatic rings. The highest BCUT2D eigenvalue weighted by Crippen LogP contribution is 2.20. The number of carbonyl (C=O) groups is 2. The number of esters is 1. The van der Waals surface area contributed by atoms with Gasteiger partial charge in [-0.1, -0.05) is 40.2 Å². The van der Waals surface area contributed by atoms with Gasteiger partial charge in [0.1, 0.15) is 11.4 Å². The predicted octanol–water partition coefficient (Wildman–Crippen LogP) is 3.96. The smallest absolute Gasteiger partial charge is 0.387 e. The summed E-state index contributed by atoms with van der Waals surface area (Å²) in [5.74, 6) is -1.09. The lowest BCUT2D eigenvalue weighted by Gasteiger charge is -2.07. The molecule has 0 unspecified atom stereocenters. The number of aromatic amines is 1. The number of alkyl halides is 2. The van der Waals surface area contributed by atoms with Crippen molar-refractivity contribution < 1.29 is 27.8 Å². The molecule has 0 aliphatic carbocycles. The molecule has 0 fully saturated rings. The molecule has 0 saturated carbocycles. The molecule has 1 heterocycles. The van der Waals surface area contributed by atoms with Gasteiger partial charge in [-0.25, -0.2) is 4.79 Å². The van der Waals surface area contributed by atoms with Gasteiger partial charge in [-0.3, -0.25) is 9.89 Å². The summed E-state index contributed by atoms with van der Waals surface area (Å²) >= 11 is 3.35. The Balaban J connectivity index is 1.40. The molecular formula is C21H18BrF2N3O4. The van der Waals surface area contributed by atoms with Crippen molar-refractivity contribution in [3.05, 3.63) is 70.3 Å². The first-order valence-electron chi connectivity index (χ1n) is 9.19. The van der Waals surface area contributed by atoms with Crippen molar-refractivity contribution in [2.24, 2.45) is 0 Å². The van der Waals surface area contributed by atoms with Gasteiger partial charge in [0, 0.05) is 16.6 Å². The minimum absolute atomic E-state index is 0.0665. The number of nitrogens with one attached hydrogen (secondary N) is 2. The van der Waals surface area contributed by atoms with Crippen molar-refractivity contribution in [3.63, 3.8) is 0 Å². The lowest BCUT2D eigenvalue weighted by molar-refractivity contribution is -0.124. The first kappa shape index (κ1) is 22.4. The third-order valence-corrected chi connectivity index (χ3v) is 4.69. The van der Waals surface area contributed by atoms with Crippen LogP contribution >= 0.6 is 15.9 Å². The van der Waals surface area contributed by atoms with E-state index in [2.05, 4.69) is 36.2 Å². The highest BCUT2D eigenvalue weighted by atomic mass is 79.9. The molecule has 0 radical (unpaired) electrons. The van der Waals surface area contributed by atoms with E-state index in [9.17, 15) is 18.4 Å². The molecule has 7 nitrogen and oxygen atoms in total. The van der Waals surface area contributed by atoms with Crippen LogP contribution in [0.2, 0.25) is 0 Å². The molecule has 2 aromatic carbocycles. The van der Waals surface area contributed by atoms with Crippen LogP contribution in [0.4, 0.5) is 8.78 Å². The fourth-order valence-corrected chi connectivity index (χ4v) is 2.90. The van der Waals surface area contributed by atoms with Crippen LogP contribution in [-0.2, 0) is 16.0 Å². The first-order valence-corrected chi connectivity index (χ1v) is 9.99. The van der Waals surface area contributed by atoms with Crippen LogP contribution in [0.25, 0.3) is 11.3 Å². The van der Waals surface area contributed by atoms with Crippen molar-refractivity contribution in [3.8, 4) is 17.0 Å². The van der Waals surface area contributed by atoms with Gasteiger partial charge in [0.15, 0.2) is 6.61 Å². The van der Waals surface area contributed by atoms with Crippen LogP contribution in [0.1, 0.15) is 16.1 Å². The van der Waals surface area contributed by atoms with Crippen molar-refractivity contribution in [2.45, 2.75) is 13.0 Å². The second kappa shape index (κ2) is 10.7. The summed E-state index contributed by atoms with van der Waals surface area (Å²) in [6.45, 7) is -3.02. The lowest BCUT2D eigenvalue weighted by atomic mass is 10.1. The van der Waals surface area contributed by atoms with Crippen LogP contribution in [-0.4, -0.2) is 41.8 Å². The zero-order chi connectivity index (χ0) is 22.2. The molecule has 0 spiro atoms. The molecule has 162 valence electrons. The number of rotatable bonds is 9. The normalized spacial score (nSPS) is 10.7. The standard InChI is InChI=1S/C21H18BrF2N3O4/c22-15-5-3-14(4-6-15)17-11-18(27-26-17)20(29)30-12-19(28)25-10-9-13-1-7-16(8-2-13)31-21(23)24/h1-8,11,21H,9-10,12H2,(H,25,28)(H,26,27). The maximum absolute atomic E-state index is 12.1. The number of amides is 1. The second-order valence-electron chi connectivity index (χ2n) is 6.37. The van der Waals surface area contributed by atoms with E-state index in [1.807, 2.05) is 24.3 Å². The Morgan fingerprint density at radius 3 is 2.48 bits per heavy atom. The number of hydrogen-bond acceptors (Lipinski definition) is 5. The highest BCUT2D eigenvalue weighted by molar-refractivity contribution is 9.10. The number of carbonyl (C=O) groups excluding carboxylic acids is 2. The fraction of sp³-hybridized carbons (Fsp3) is 0.190. The number of ether oxygens (including phenoxy) is 2. The van der Waals surface area contributed by atoms with E-state index in [1.54, 1.807) is 18.2 Å². The van der Waals surface area contributed by atoms with Crippen molar-refractivity contribution in [1.29, 1.82) is 0 Å². The van der Waals surface area contributed by atoms with Crippen molar-refractivity contribution in [1.82, 2.24) is 15.5 Å². The number of aromatic nitrogens is 2. The molecule has 3 rings (SSSR count). The topological polar surface area (TPSA) is 93.3 Å². The Labute approximate surface area is 184 Å². The predicted molar refractivity (Wildman–Crippen MR) is 112 cm³/mol. The Morgan fingerprint density at radius 1 is 1.10 bits per heavy atom. The molecule has 10 heteroatoms. The van der Waals surface area contributed by atoms with Gasteiger partial charge < -0.3 is 14.8 Å².